The number of carbonyl (C=O) groups is 1. The van der Waals surface area contributed by atoms with Gasteiger partial charge in [0.05, 0.1) is 13.7 Å². The average Bonchev–Trinajstić information content (AvgIpc) is 2.79. The summed E-state index contributed by atoms with van der Waals surface area (Å²) in [6.45, 7) is 3.34. The summed E-state index contributed by atoms with van der Waals surface area (Å²) in [6, 6.07) is 26.7. The maximum Gasteiger partial charge on any atom is 0.237 e. The molecule has 4 rings (SSSR count). The molecule has 3 aromatic rings. The molecule has 0 radical (unpaired) electrons. The van der Waals surface area contributed by atoms with Crippen LogP contribution < -0.4 is 4.74 Å². The molecule has 0 bridgehead atoms. The van der Waals surface area contributed by atoms with Crippen LogP contribution in [0.25, 0.3) is 0 Å². The fourth-order valence-corrected chi connectivity index (χ4v) is 3.98. The summed E-state index contributed by atoms with van der Waals surface area (Å²) in [5.74, 6) is 1.03. The minimum Gasteiger partial charge on any atom is -0.497 e. The fourth-order valence-electron chi connectivity index (χ4n) is 3.98. The second-order valence-corrected chi connectivity index (χ2v) is 7.82. The van der Waals surface area contributed by atoms with Crippen molar-refractivity contribution >= 4 is 5.91 Å². The highest BCUT2D eigenvalue weighted by molar-refractivity contribution is 5.78. The summed E-state index contributed by atoms with van der Waals surface area (Å²) >= 11 is 0. The zero-order chi connectivity index (χ0) is 20.8. The van der Waals surface area contributed by atoms with Gasteiger partial charge in [0.2, 0.25) is 5.91 Å². The van der Waals surface area contributed by atoms with Crippen molar-refractivity contribution in [3.63, 3.8) is 0 Å². The van der Waals surface area contributed by atoms with Gasteiger partial charge in [-0.15, -0.1) is 0 Å². The molecule has 1 amide bonds. The fraction of sp³-hybridized carbons (Fsp3) is 0.269. The summed E-state index contributed by atoms with van der Waals surface area (Å²) in [6.07, 6.45) is 0.962. The smallest absolute Gasteiger partial charge is 0.237 e. The van der Waals surface area contributed by atoms with E-state index in [-0.39, 0.29) is 5.91 Å². The molecule has 0 saturated heterocycles. The Balaban J connectivity index is 1.47. The second kappa shape index (κ2) is 9.59. The van der Waals surface area contributed by atoms with Crippen LogP contribution in [-0.2, 0) is 30.8 Å². The lowest BCUT2D eigenvalue weighted by molar-refractivity contribution is -0.134. The first-order valence-corrected chi connectivity index (χ1v) is 10.4. The van der Waals surface area contributed by atoms with Gasteiger partial charge in [-0.25, -0.2) is 0 Å². The van der Waals surface area contributed by atoms with E-state index >= 15 is 0 Å². The van der Waals surface area contributed by atoms with Gasteiger partial charge in [0.15, 0.2) is 0 Å². The number of carbonyl (C=O) groups excluding carboxylic acids is 1. The molecule has 30 heavy (non-hydrogen) atoms. The lowest BCUT2D eigenvalue weighted by Crippen LogP contribution is -2.41. The molecule has 0 aromatic heterocycles. The van der Waals surface area contributed by atoms with Crippen molar-refractivity contribution < 1.29 is 9.53 Å². The molecule has 1 aliphatic heterocycles. The zero-order valence-corrected chi connectivity index (χ0v) is 17.5. The molecule has 0 atom stereocenters. The lowest BCUT2D eigenvalue weighted by Gasteiger charge is -2.31. The minimum absolute atomic E-state index is 0.161. The molecular formula is C26H28N2O2. The van der Waals surface area contributed by atoms with E-state index < -0.39 is 0 Å². The summed E-state index contributed by atoms with van der Waals surface area (Å²) in [5.41, 5.74) is 4.90. The monoisotopic (exact) mass is 400 g/mol. The zero-order valence-electron chi connectivity index (χ0n) is 17.5. The molecule has 1 aliphatic rings. The van der Waals surface area contributed by atoms with Crippen molar-refractivity contribution in [1.29, 1.82) is 0 Å². The van der Waals surface area contributed by atoms with Crippen LogP contribution in [0.3, 0.4) is 0 Å². The van der Waals surface area contributed by atoms with Crippen molar-refractivity contribution in [3.05, 3.63) is 101 Å². The van der Waals surface area contributed by atoms with Crippen molar-refractivity contribution in [2.45, 2.75) is 26.1 Å². The maximum absolute atomic E-state index is 13.3. The van der Waals surface area contributed by atoms with Crippen LogP contribution in [0.15, 0.2) is 78.9 Å². The molecule has 0 N–H and O–H groups in total. The molecule has 0 aliphatic carbocycles. The van der Waals surface area contributed by atoms with Crippen LogP contribution in [-0.4, -0.2) is 35.9 Å². The quantitative estimate of drug-likeness (QED) is 0.593. The largest absolute Gasteiger partial charge is 0.497 e. The maximum atomic E-state index is 13.3. The second-order valence-electron chi connectivity index (χ2n) is 7.82. The normalized spacial score (nSPS) is 13.5. The number of methoxy groups -OCH3 is 1. The van der Waals surface area contributed by atoms with E-state index in [1.807, 2.05) is 47.4 Å². The number of ether oxygens (including phenoxy) is 1. The van der Waals surface area contributed by atoms with Crippen LogP contribution in [0.4, 0.5) is 0 Å². The summed E-state index contributed by atoms with van der Waals surface area (Å²) in [5, 5.41) is 0. The highest BCUT2D eigenvalue weighted by Crippen LogP contribution is 2.24. The third-order valence-electron chi connectivity index (χ3n) is 5.65. The van der Waals surface area contributed by atoms with Gasteiger partial charge in [-0.2, -0.15) is 0 Å². The molecule has 4 heteroatoms. The van der Waals surface area contributed by atoms with Crippen LogP contribution in [0, 0.1) is 0 Å². The first-order valence-electron chi connectivity index (χ1n) is 10.4. The first kappa shape index (κ1) is 20.2. The molecular weight excluding hydrogens is 372 g/mol. The predicted octanol–water partition coefficient (Wildman–Crippen LogP) is 4.28. The topological polar surface area (TPSA) is 32.8 Å². The van der Waals surface area contributed by atoms with E-state index in [4.69, 9.17) is 4.74 Å². The van der Waals surface area contributed by atoms with Crippen molar-refractivity contribution in [3.8, 4) is 5.75 Å². The number of benzene rings is 3. The van der Waals surface area contributed by atoms with Crippen molar-refractivity contribution in [2.75, 3.05) is 20.2 Å². The predicted molar refractivity (Wildman–Crippen MR) is 119 cm³/mol. The molecule has 0 saturated carbocycles. The van der Waals surface area contributed by atoms with Gasteiger partial charge in [0.1, 0.15) is 5.75 Å². The Morgan fingerprint density at radius 1 is 0.900 bits per heavy atom. The molecule has 154 valence electrons. The lowest BCUT2D eigenvalue weighted by atomic mass is 9.99. The van der Waals surface area contributed by atoms with Gasteiger partial charge in [0.25, 0.3) is 0 Å². The van der Waals surface area contributed by atoms with E-state index in [1.54, 1.807) is 7.11 Å². The van der Waals surface area contributed by atoms with Gasteiger partial charge in [-0.3, -0.25) is 9.69 Å². The van der Waals surface area contributed by atoms with Gasteiger partial charge < -0.3 is 9.64 Å². The third-order valence-corrected chi connectivity index (χ3v) is 5.65. The van der Waals surface area contributed by atoms with Crippen LogP contribution in [0.2, 0.25) is 0 Å². The number of amides is 1. The number of rotatable bonds is 7. The van der Waals surface area contributed by atoms with Crippen LogP contribution >= 0.6 is 0 Å². The van der Waals surface area contributed by atoms with Crippen molar-refractivity contribution in [2.24, 2.45) is 0 Å². The van der Waals surface area contributed by atoms with Crippen molar-refractivity contribution in [1.82, 2.24) is 9.80 Å². The van der Waals surface area contributed by atoms with Gasteiger partial charge in [0, 0.05) is 26.2 Å². The number of hydrogen-bond acceptors (Lipinski definition) is 3. The van der Waals surface area contributed by atoms with Gasteiger partial charge >= 0.3 is 0 Å². The van der Waals surface area contributed by atoms with E-state index in [9.17, 15) is 4.79 Å². The molecule has 0 unspecified atom stereocenters. The van der Waals surface area contributed by atoms with E-state index in [2.05, 4.69) is 41.3 Å². The van der Waals surface area contributed by atoms with E-state index in [0.29, 0.717) is 19.6 Å². The summed E-state index contributed by atoms with van der Waals surface area (Å²) < 4.78 is 5.37. The Bertz CT molecular complexity index is 931. The standard InChI is InChI=1S/C26H28N2O2/c1-30-25-13-12-23-14-15-27(19-24(23)16-25)20-26(29)28(17-21-8-4-2-5-9-21)18-22-10-6-3-7-11-22/h2-13,16H,14-15,17-20H2,1H3. The third kappa shape index (κ3) is 5.08. The Labute approximate surface area is 178 Å². The Kier molecular flexibility index (Phi) is 6.45. The van der Waals surface area contributed by atoms with E-state index in [1.165, 1.54) is 11.1 Å². The Morgan fingerprint density at radius 3 is 2.13 bits per heavy atom. The number of fused-ring (bicyclic) bond motifs is 1. The molecule has 0 fully saturated rings. The Hall–Kier alpha value is -3.11. The summed E-state index contributed by atoms with van der Waals surface area (Å²) in [7, 11) is 1.69. The molecule has 0 spiro atoms. The molecule has 1 heterocycles. The van der Waals surface area contributed by atoms with E-state index in [0.717, 1.165) is 36.4 Å². The van der Waals surface area contributed by atoms with Gasteiger partial charge in [-0.1, -0.05) is 66.7 Å². The molecule has 3 aromatic carbocycles. The molecule has 4 nitrogen and oxygen atoms in total. The highest BCUT2D eigenvalue weighted by atomic mass is 16.5. The van der Waals surface area contributed by atoms with Gasteiger partial charge in [-0.05, 0) is 40.8 Å². The summed E-state index contributed by atoms with van der Waals surface area (Å²) in [4.78, 5) is 17.5. The number of nitrogens with zero attached hydrogens (tertiary/aromatic N) is 2. The number of hydrogen-bond donors (Lipinski definition) is 0. The SMILES string of the molecule is COc1ccc2c(c1)CN(CC(=O)N(Cc1ccccc1)Cc1ccccc1)CC2. The first-order chi connectivity index (χ1) is 14.7. The highest BCUT2D eigenvalue weighted by Gasteiger charge is 2.22. The Morgan fingerprint density at radius 2 is 1.53 bits per heavy atom. The van der Waals surface area contributed by atoms with Crippen LogP contribution in [0.5, 0.6) is 5.75 Å². The minimum atomic E-state index is 0.161. The average molecular weight is 401 g/mol. The van der Waals surface area contributed by atoms with Crippen LogP contribution in [0.1, 0.15) is 22.3 Å².